The zero-order valence-electron chi connectivity index (χ0n) is 14.5. The van der Waals surface area contributed by atoms with Crippen LogP contribution in [-0.2, 0) is 0 Å². The van der Waals surface area contributed by atoms with Crippen LogP contribution in [0.5, 0.6) is 5.75 Å². The second kappa shape index (κ2) is 8.49. The zero-order valence-corrected chi connectivity index (χ0v) is 16.8. The van der Waals surface area contributed by atoms with Gasteiger partial charge in [0.2, 0.25) is 0 Å². The Kier molecular flexibility index (Phi) is 6.07. The normalized spacial score (nSPS) is 10.3. The third-order valence-electron chi connectivity index (χ3n) is 3.72. The zero-order chi connectivity index (χ0) is 19.4. The molecule has 5 nitrogen and oxygen atoms in total. The van der Waals surface area contributed by atoms with Gasteiger partial charge in [0.05, 0.1) is 18.5 Å². The average Bonchev–Trinajstić information content (AvgIpc) is 2.68. The summed E-state index contributed by atoms with van der Waals surface area (Å²) in [5.74, 6) is 0.961. The van der Waals surface area contributed by atoms with E-state index in [0.717, 1.165) is 5.56 Å². The van der Waals surface area contributed by atoms with Crippen LogP contribution in [0.25, 0.3) is 11.3 Å². The Morgan fingerprint density at radius 3 is 2.41 bits per heavy atom. The van der Waals surface area contributed by atoms with Crippen molar-refractivity contribution in [2.24, 2.45) is 0 Å². The minimum atomic E-state index is 0.317. The second-order valence-corrected chi connectivity index (χ2v) is 7.02. The molecule has 0 aliphatic heterocycles. The summed E-state index contributed by atoms with van der Waals surface area (Å²) in [4.78, 5) is 8.97. The fourth-order valence-electron chi connectivity index (χ4n) is 2.45. The molecule has 3 rings (SSSR count). The van der Waals surface area contributed by atoms with E-state index < -0.39 is 0 Å². The van der Waals surface area contributed by atoms with Crippen molar-refractivity contribution in [1.29, 1.82) is 5.26 Å². The molecular weight excluding hydrogens is 403 g/mol. The van der Waals surface area contributed by atoms with Crippen LogP contribution < -0.4 is 10.1 Å². The fourth-order valence-corrected chi connectivity index (χ4v) is 3.11. The summed E-state index contributed by atoms with van der Waals surface area (Å²) in [6.07, 6.45) is 1.87. The Morgan fingerprint density at radius 2 is 1.78 bits per heavy atom. The van der Waals surface area contributed by atoms with Gasteiger partial charge in [-0.05, 0) is 36.6 Å². The van der Waals surface area contributed by atoms with E-state index in [9.17, 15) is 5.26 Å². The van der Waals surface area contributed by atoms with E-state index in [-0.39, 0.29) is 0 Å². The van der Waals surface area contributed by atoms with E-state index in [2.05, 4.69) is 21.4 Å². The standard InChI is InChI=1S/C19H14Cl2N4OS/c1-26-16-8-7-13(21)9-15(16)23-18-14(10-22)17(24-19(25-18)27-2)11-3-5-12(20)6-4-11/h3-9H,1-2H3,(H,23,24,25). The predicted molar refractivity (Wildman–Crippen MR) is 110 cm³/mol. The van der Waals surface area contributed by atoms with Gasteiger partial charge in [0.25, 0.3) is 0 Å². The predicted octanol–water partition coefficient (Wildman–Crippen LogP) is 5.80. The van der Waals surface area contributed by atoms with Gasteiger partial charge in [-0.25, -0.2) is 9.97 Å². The van der Waals surface area contributed by atoms with Crippen molar-refractivity contribution in [3.8, 4) is 23.1 Å². The van der Waals surface area contributed by atoms with Crippen LogP contribution in [0.4, 0.5) is 11.5 Å². The van der Waals surface area contributed by atoms with Crippen LogP contribution in [-0.4, -0.2) is 23.3 Å². The highest BCUT2D eigenvalue weighted by Gasteiger charge is 2.17. The monoisotopic (exact) mass is 416 g/mol. The van der Waals surface area contributed by atoms with Crippen LogP contribution in [0.2, 0.25) is 10.0 Å². The number of ether oxygens (including phenoxy) is 1. The van der Waals surface area contributed by atoms with E-state index >= 15 is 0 Å². The molecule has 1 N–H and O–H groups in total. The Labute approximate surface area is 171 Å². The molecule has 136 valence electrons. The molecule has 3 aromatic rings. The van der Waals surface area contributed by atoms with Crippen molar-refractivity contribution in [3.63, 3.8) is 0 Å². The highest BCUT2D eigenvalue weighted by molar-refractivity contribution is 7.98. The molecule has 0 saturated heterocycles. The van der Waals surface area contributed by atoms with E-state index in [1.807, 2.05) is 18.4 Å². The molecule has 1 aromatic heterocycles. The minimum Gasteiger partial charge on any atom is -0.495 e. The molecule has 0 atom stereocenters. The van der Waals surface area contributed by atoms with E-state index in [0.29, 0.717) is 43.7 Å². The van der Waals surface area contributed by atoms with E-state index in [1.54, 1.807) is 37.4 Å². The first-order chi connectivity index (χ1) is 13.0. The van der Waals surface area contributed by atoms with Crippen LogP contribution in [0.3, 0.4) is 0 Å². The Bertz CT molecular complexity index is 1020. The number of thioether (sulfide) groups is 1. The summed E-state index contributed by atoms with van der Waals surface area (Å²) < 4.78 is 5.36. The summed E-state index contributed by atoms with van der Waals surface area (Å²) in [5, 5.41) is 14.6. The van der Waals surface area contributed by atoms with Gasteiger partial charge in [0.1, 0.15) is 17.4 Å². The second-order valence-electron chi connectivity index (χ2n) is 5.37. The SMILES string of the molecule is COc1ccc(Cl)cc1Nc1nc(SC)nc(-c2ccc(Cl)cc2)c1C#N. The summed E-state index contributed by atoms with van der Waals surface area (Å²) in [7, 11) is 1.56. The van der Waals surface area contributed by atoms with Gasteiger partial charge < -0.3 is 10.1 Å². The van der Waals surface area contributed by atoms with Gasteiger partial charge in [-0.3, -0.25) is 0 Å². The lowest BCUT2D eigenvalue weighted by atomic mass is 10.1. The number of benzene rings is 2. The fraction of sp³-hybridized carbons (Fsp3) is 0.105. The van der Waals surface area contributed by atoms with Gasteiger partial charge in [-0.2, -0.15) is 5.26 Å². The van der Waals surface area contributed by atoms with Crippen molar-refractivity contribution in [3.05, 3.63) is 58.1 Å². The first kappa shape index (κ1) is 19.3. The minimum absolute atomic E-state index is 0.317. The summed E-state index contributed by atoms with van der Waals surface area (Å²) >= 11 is 13.5. The smallest absolute Gasteiger partial charge is 0.189 e. The highest BCUT2D eigenvalue weighted by atomic mass is 35.5. The van der Waals surface area contributed by atoms with Gasteiger partial charge in [0.15, 0.2) is 11.0 Å². The molecule has 1 heterocycles. The Morgan fingerprint density at radius 1 is 1.07 bits per heavy atom. The molecule has 27 heavy (non-hydrogen) atoms. The lowest BCUT2D eigenvalue weighted by Crippen LogP contribution is -2.04. The number of rotatable bonds is 5. The number of hydrogen-bond acceptors (Lipinski definition) is 6. The van der Waals surface area contributed by atoms with Crippen molar-refractivity contribution in [2.45, 2.75) is 5.16 Å². The number of hydrogen-bond donors (Lipinski definition) is 1. The topological polar surface area (TPSA) is 70.8 Å². The van der Waals surface area contributed by atoms with Gasteiger partial charge >= 0.3 is 0 Å². The Hall–Kier alpha value is -2.46. The molecule has 8 heteroatoms. The third-order valence-corrected chi connectivity index (χ3v) is 4.75. The largest absolute Gasteiger partial charge is 0.495 e. The van der Waals surface area contributed by atoms with Gasteiger partial charge in [-0.1, -0.05) is 47.1 Å². The number of aromatic nitrogens is 2. The maximum absolute atomic E-state index is 9.78. The lowest BCUT2D eigenvalue weighted by Gasteiger charge is -2.14. The molecule has 0 saturated carbocycles. The van der Waals surface area contributed by atoms with Crippen LogP contribution in [0.1, 0.15) is 5.56 Å². The number of nitriles is 1. The average molecular weight is 417 g/mol. The van der Waals surface area contributed by atoms with E-state index in [4.69, 9.17) is 27.9 Å². The van der Waals surface area contributed by atoms with Crippen molar-refractivity contribution >= 4 is 46.5 Å². The molecule has 0 aliphatic carbocycles. The van der Waals surface area contributed by atoms with Crippen LogP contribution in [0.15, 0.2) is 47.6 Å². The molecule has 0 aliphatic rings. The quantitative estimate of drug-likeness (QED) is 0.418. The first-order valence-corrected chi connectivity index (χ1v) is 9.76. The molecular formula is C19H14Cl2N4OS. The molecule has 0 unspecified atom stereocenters. The van der Waals surface area contributed by atoms with E-state index in [1.165, 1.54) is 11.8 Å². The maximum Gasteiger partial charge on any atom is 0.189 e. The third kappa shape index (κ3) is 4.28. The summed E-state index contributed by atoms with van der Waals surface area (Å²) in [5.41, 5.74) is 2.22. The lowest BCUT2D eigenvalue weighted by molar-refractivity contribution is 0.417. The molecule has 2 aromatic carbocycles. The highest BCUT2D eigenvalue weighted by Crippen LogP contribution is 2.34. The molecule has 0 radical (unpaired) electrons. The van der Waals surface area contributed by atoms with Gasteiger partial charge in [0, 0.05) is 15.6 Å². The number of nitrogens with one attached hydrogen (secondary N) is 1. The molecule has 0 spiro atoms. The number of halogens is 2. The summed E-state index contributed by atoms with van der Waals surface area (Å²) in [6, 6.07) is 14.5. The molecule has 0 bridgehead atoms. The van der Waals surface area contributed by atoms with Crippen molar-refractivity contribution in [1.82, 2.24) is 9.97 Å². The maximum atomic E-state index is 9.78. The number of methoxy groups -OCH3 is 1. The first-order valence-electron chi connectivity index (χ1n) is 7.78. The molecule has 0 amide bonds. The number of nitrogens with zero attached hydrogens (tertiary/aromatic N) is 3. The Balaban J connectivity index is 2.16. The molecule has 0 fully saturated rings. The van der Waals surface area contributed by atoms with Crippen LogP contribution in [0, 0.1) is 11.3 Å². The number of anilines is 2. The van der Waals surface area contributed by atoms with Gasteiger partial charge in [-0.15, -0.1) is 0 Å². The van der Waals surface area contributed by atoms with Crippen LogP contribution >= 0.6 is 35.0 Å². The van der Waals surface area contributed by atoms with Crippen molar-refractivity contribution < 1.29 is 4.74 Å². The van der Waals surface area contributed by atoms with Crippen molar-refractivity contribution in [2.75, 3.05) is 18.7 Å². The summed E-state index contributed by atoms with van der Waals surface area (Å²) in [6.45, 7) is 0.